The average molecular weight is 215 g/mol. The Morgan fingerprint density at radius 1 is 1.31 bits per heavy atom. The van der Waals surface area contributed by atoms with E-state index in [1.807, 2.05) is 6.08 Å². The molecule has 0 unspecified atom stereocenters. The zero-order valence-electron chi connectivity index (χ0n) is 10.0. The van der Waals surface area contributed by atoms with Crippen LogP contribution >= 0.6 is 0 Å². The van der Waals surface area contributed by atoms with Crippen molar-refractivity contribution in [1.82, 2.24) is 0 Å². The van der Waals surface area contributed by atoms with Crippen molar-refractivity contribution in [2.45, 2.75) is 32.6 Å². The Hall–Kier alpha value is -1.57. The Kier molecular flexibility index (Phi) is 2.38. The lowest BCUT2D eigenvalue weighted by atomic mass is 9.85. The Balaban J connectivity index is 2.42. The second-order valence-corrected chi connectivity index (χ2v) is 5.37. The SMILES string of the molecule is CC(C)(C)c1ccc2c(c1)C=C(C(N)=O)C2. The first kappa shape index (κ1) is 10.9. The summed E-state index contributed by atoms with van der Waals surface area (Å²) < 4.78 is 0. The van der Waals surface area contributed by atoms with Crippen LogP contribution in [-0.4, -0.2) is 5.91 Å². The number of carbonyl (C=O) groups excluding carboxylic acids is 1. The van der Waals surface area contributed by atoms with Crippen LogP contribution in [0.4, 0.5) is 0 Å². The Morgan fingerprint density at radius 3 is 2.56 bits per heavy atom. The number of primary amides is 1. The zero-order chi connectivity index (χ0) is 11.9. The van der Waals surface area contributed by atoms with Crippen molar-refractivity contribution >= 4 is 12.0 Å². The van der Waals surface area contributed by atoms with Gasteiger partial charge in [-0.3, -0.25) is 4.79 Å². The van der Waals surface area contributed by atoms with Crippen LogP contribution < -0.4 is 5.73 Å². The van der Waals surface area contributed by atoms with Crippen LogP contribution in [0.2, 0.25) is 0 Å². The lowest BCUT2D eigenvalue weighted by Crippen LogP contribution is -2.13. The van der Waals surface area contributed by atoms with Crippen LogP contribution in [0.15, 0.2) is 23.8 Å². The molecule has 2 nitrogen and oxygen atoms in total. The number of rotatable bonds is 1. The molecule has 0 heterocycles. The maximum Gasteiger partial charge on any atom is 0.244 e. The van der Waals surface area contributed by atoms with Crippen LogP contribution in [0, 0.1) is 0 Å². The molecule has 1 aliphatic rings. The predicted octanol–water partition coefficient (Wildman–Crippen LogP) is 2.41. The molecular weight excluding hydrogens is 198 g/mol. The van der Waals surface area contributed by atoms with Crippen LogP contribution in [0.1, 0.15) is 37.5 Å². The molecule has 1 aromatic carbocycles. The first-order valence-electron chi connectivity index (χ1n) is 5.52. The summed E-state index contributed by atoms with van der Waals surface area (Å²) in [4.78, 5) is 11.1. The standard InChI is InChI=1S/C14H17NO/c1-14(2,3)12-5-4-9-6-11(13(15)16)7-10(9)8-12/h4-5,7-8H,6H2,1-3H3,(H2,15,16). The van der Waals surface area contributed by atoms with Gasteiger partial charge in [0.05, 0.1) is 0 Å². The number of benzene rings is 1. The number of hydrogen-bond acceptors (Lipinski definition) is 1. The number of nitrogens with two attached hydrogens (primary N) is 1. The molecule has 2 heteroatoms. The highest BCUT2D eigenvalue weighted by Gasteiger charge is 2.19. The molecule has 0 saturated carbocycles. The van der Waals surface area contributed by atoms with Crippen LogP contribution in [0.25, 0.3) is 6.08 Å². The summed E-state index contributed by atoms with van der Waals surface area (Å²) in [6, 6.07) is 6.39. The first-order valence-corrected chi connectivity index (χ1v) is 5.52. The topological polar surface area (TPSA) is 43.1 Å². The van der Waals surface area contributed by atoms with E-state index in [-0.39, 0.29) is 11.3 Å². The number of carbonyl (C=O) groups is 1. The summed E-state index contributed by atoms with van der Waals surface area (Å²) in [7, 11) is 0. The average Bonchev–Trinajstić information content (AvgIpc) is 2.58. The number of amides is 1. The van der Waals surface area contributed by atoms with Crippen molar-refractivity contribution in [3.8, 4) is 0 Å². The van der Waals surface area contributed by atoms with Gasteiger partial charge in [-0.15, -0.1) is 0 Å². The van der Waals surface area contributed by atoms with E-state index in [4.69, 9.17) is 5.73 Å². The van der Waals surface area contributed by atoms with E-state index in [1.54, 1.807) is 0 Å². The fourth-order valence-electron chi connectivity index (χ4n) is 1.96. The molecular formula is C14H17NO. The summed E-state index contributed by atoms with van der Waals surface area (Å²) in [6.07, 6.45) is 2.59. The lowest BCUT2D eigenvalue weighted by molar-refractivity contribution is -0.114. The third-order valence-electron chi connectivity index (χ3n) is 3.04. The highest BCUT2D eigenvalue weighted by atomic mass is 16.1. The van der Waals surface area contributed by atoms with Gasteiger partial charge >= 0.3 is 0 Å². The maximum atomic E-state index is 11.1. The summed E-state index contributed by atoms with van der Waals surface area (Å²) in [5.74, 6) is -0.312. The third-order valence-corrected chi connectivity index (χ3v) is 3.04. The van der Waals surface area contributed by atoms with E-state index in [0.29, 0.717) is 12.0 Å². The zero-order valence-corrected chi connectivity index (χ0v) is 10.0. The van der Waals surface area contributed by atoms with Gasteiger partial charge in [0, 0.05) is 12.0 Å². The van der Waals surface area contributed by atoms with Crippen LogP contribution in [0.5, 0.6) is 0 Å². The highest BCUT2D eigenvalue weighted by Crippen LogP contribution is 2.30. The molecule has 0 fully saturated rings. The smallest absolute Gasteiger partial charge is 0.244 e. The maximum absolute atomic E-state index is 11.1. The minimum Gasteiger partial charge on any atom is -0.366 e. The second-order valence-electron chi connectivity index (χ2n) is 5.37. The summed E-state index contributed by atoms with van der Waals surface area (Å²) in [5, 5.41) is 0. The molecule has 0 atom stereocenters. The molecule has 0 bridgehead atoms. The molecule has 2 rings (SSSR count). The van der Waals surface area contributed by atoms with Crippen molar-refractivity contribution in [3.05, 3.63) is 40.5 Å². The van der Waals surface area contributed by atoms with E-state index >= 15 is 0 Å². The Labute approximate surface area is 96.2 Å². The minimum atomic E-state index is -0.312. The summed E-state index contributed by atoms with van der Waals surface area (Å²) in [5.41, 5.74) is 9.76. The molecule has 1 amide bonds. The van der Waals surface area contributed by atoms with Gasteiger partial charge in [0.2, 0.25) is 5.91 Å². The third kappa shape index (κ3) is 1.87. The molecule has 2 N–H and O–H groups in total. The fourth-order valence-corrected chi connectivity index (χ4v) is 1.96. The van der Waals surface area contributed by atoms with Crippen molar-refractivity contribution in [2.24, 2.45) is 5.73 Å². The minimum absolute atomic E-state index is 0.137. The molecule has 0 radical (unpaired) electrons. The molecule has 0 spiro atoms. The molecule has 1 aromatic rings. The second kappa shape index (κ2) is 3.48. The quantitative estimate of drug-likeness (QED) is 0.768. The van der Waals surface area contributed by atoms with E-state index in [0.717, 1.165) is 5.56 Å². The lowest BCUT2D eigenvalue weighted by Gasteiger charge is -2.19. The molecule has 16 heavy (non-hydrogen) atoms. The van der Waals surface area contributed by atoms with Gasteiger partial charge in [0.1, 0.15) is 0 Å². The fraction of sp³-hybridized carbons (Fsp3) is 0.357. The molecule has 0 saturated heterocycles. The summed E-state index contributed by atoms with van der Waals surface area (Å²) >= 11 is 0. The van der Waals surface area contributed by atoms with E-state index in [1.165, 1.54) is 11.1 Å². The van der Waals surface area contributed by atoms with Gasteiger partial charge in [-0.05, 0) is 28.2 Å². The van der Waals surface area contributed by atoms with Gasteiger partial charge < -0.3 is 5.73 Å². The van der Waals surface area contributed by atoms with Gasteiger partial charge in [0.15, 0.2) is 0 Å². The Morgan fingerprint density at radius 2 is 2.00 bits per heavy atom. The first-order chi connectivity index (χ1) is 7.38. The van der Waals surface area contributed by atoms with Crippen molar-refractivity contribution in [1.29, 1.82) is 0 Å². The predicted molar refractivity (Wildman–Crippen MR) is 66.0 cm³/mol. The van der Waals surface area contributed by atoms with Gasteiger partial charge in [-0.2, -0.15) is 0 Å². The largest absolute Gasteiger partial charge is 0.366 e. The number of fused-ring (bicyclic) bond motifs is 1. The van der Waals surface area contributed by atoms with E-state index in [2.05, 4.69) is 39.0 Å². The van der Waals surface area contributed by atoms with E-state index in [9.17, 15) is 4.79 Å². The van der Waals surface area contributed by atoms with E-state index < -0.39 is 0 Å². The van der Waals surface area contributed by atoms with Crippen molar-refractivity contribution < 1.29 is 4.79 Å². The summed E-state index contributed by atoms with van der Waals surface area (Å²) in [6.45, 7) is 6.55. The Bertz CT molecular complexity index is 478. The van der Waals surface area contributed by atoms with Crippen LogP contribution in [-0.2, 0) is 16.6 Å². The van der Waals surface area contributed by atoms with Crippen LogP contribution in [0.3, 0.4) is 0 Å². The normalized spacial score (nSPS) is 14.6. The monoisotopic (exact) mass is 215 g/mol. The van der Waals surface area contributed by atoms with Crippen molar-refractivity contribution in [2.75, 3.05) is 0 Å². The van der Waals surface area contributed by atoms with Gasteiger partial charge in [-0.25, -0.2) is 0 Å². The molecule has 0 aromatic heterocycles. The number of hydrogen-bond donors (Lipinski definition) is 1. The van der Waals surface area contributed by atoms with Gasteiger partial charge in [-0.1, -0.05) is 39.0 Å². The molecule has 1 aliphatic carbocycles. The van der Waals surface area contributed by atoms with Crippen molar-refractivity contribution in [3.63, 3.8) is 0 Å². The highest BCUT2D eigenvalue weighted by molar-refractivity contribution is 5.99. The molecule has 84 valence electrons. The van der Waals surface area contributed by atoms with Gasteiger partial charge in [0.25, 0.3) is 0 Å². The molecule has 0 aliphatic heterocycles.